The Morgan fingerprint density at radius 2 is 2.40 bits per heavy atom. The van der Waals surface area contributed by atoms with Gasteiger partial charge in [-0.05, 0) is 0 Å². The Kier molecular flexibility index (Phi) is 1.88. The van der Waals surface area contributed by atoms with E-state index in [-0.39, 0.29) is 0 Å². The summed E-state index contributed by atoms with van der Waals surface area (Å²) in [4.78, 5) is 2.15. The molecule has 0 aromatic carbocycles. The topological polar surface area (TPSA) is 0 Å². The van der Waals surface area contributed by atoms with Crippen LogP contribution >= 0.6 is 0 Å². The van der Waals surface area contributed by atoms with Gasteiger partial charge in [0.05, 0.1) is 0 Å². The van der Waals surface area contributed by atoms with Crippen LogP contribution in [0, 0.1) is 5.92 Å². The summed E-state index contributed by atoms with van der Waals surface area (Å²) in [5.41, 5.74) is 0. The Morgan fingerprint density at radius 1 is 1.50 bits per heavy atom. The molecule has 0 nitrogen and oxygen atoms in total. The standard InChI is InChI=1S/C9H14Se/c1-2-3-9-7-4-5-8(6-7)10-9/h4-5,7-9H,2-3,6H2,1H3/t7?,8?,9-/m1/s1. The van der Waals surface area contributed by atoms with Crippen LogP contribution in [0.15, 0.2) is 12.2 Å². The molecule has 2 unspecified atom stereocenters. The zero-order valence-corrected chi connectivity index (χ0v) is 8.13. The van der Waals surface area contributed by atoms with E-state index in [0.29, 0.717) is 0 Å². The van der Waals surface area contributed by atoms with Gasteiger partial charge in [-0.2, -0.15) is 0 Å². The molecule has 2 aliphatic rings. The van der Waals surface area contributed by atoms with E-state index in [4.69, 9.17) is 0 Å². The van der Waals surface area contributed by atoms with Crippen molar-refractivity contribution in [2.45, 2.75) is 35.8 Å². The Morgan fingerprint density at radius 3 is 2.90 bits per heavy atom. The summed E-state index contributed by atoms with van der Waals surface area (Å²) in [6.07, 6.45) is 9.31. The molecule has 3 atom stereocenters. The van der Waals surface area contributed by atoms with Crippen molar-refractivity contribution < 1.29 is 0 Å². The third-order valence-corrected chi connectivity index (χ3v) is 5.91. The minimum absolute atomic E-state index is 0.968. The van der Waals surface area contributed by atoms with Crippen molar-refractivity contribution in [3.63, 3.8) is 0 Å². The molecule has 0 spiro atoms. The van der Waals surface area contributed by atoms with Gasteiger partial charge in [-0.1, -0.05) is 0 Å². The van der Waals surface area contributed by atoms with Gasteiger partial charge in [-0.15, -0.1) is 0 Å². The average Bonchev–Trinajstić information content (AvgIpc) is 2.48. The minimum atomic E-state index is 0.968. The molecule has 1 saturated heterocycles. The van der Waals surface area contributed by atoms with Crippen LogP contribution in [0.25, 0.3) is 0 Å². The van der Waals surface area contributed by atoms with Crippen molar-refractivity contribution in [1.29, 1.82) is 0 Å². The van der Waals surface area contributed by atoms with Crippen LogP contribution in [0.5, 0.6) is 0 Å². The molecule has 1 heterocycles. The molecule has 10 heavy (non-hydrogen) atoms. The number of hydrogen-bond donors (Lipinski definition) is 0. The predicted molar refractivity (Wildman–Crippen MR) is 45.4 cm³/mol. The van der Waals surface area contributed by atoms with Crippen LogP contribution in [-0.2, 0) is 0 Å². The van der Waals surface area contributed by atoms with Crippen LogP contribution < -0.4 is 0 Å². The molecule has 1 fully saturated rings. The van der Waals surface area contributed by atoms with E-state index in [1.165, 1.54) is 19.3 Å². The van der Waals surface area contributed by atoms with Crippen LogP contribution in [0.2, 0.25) is 9.63 Å². The Bertz CT molecular complexity index is 151. The van der Waals surface area contributed by atoms with E-state index in [1.54, 1.807) is 0 Å². The summed E-state index contributed by atoms with van der Waals surface area (Å²) in [5, 5.41) is 0. The van der Waals surface area contributed by atoms with Crippen molar-refractivity contribution in [3.8, 4) is 0 Å². The van der Waals surface area contributed by atoms with E-state index < -0.39 is 0 Å². The molecule has 56 valence electrons. The van der Waals surface area contributed by atoms with Crippen molar-refractivity contribution in [2.24, 2.45) is 5.92 Å². The number of rotatable bonds is 2. The monoisotopic (exact) mass is 202 g/mol. The summed E-state index contributed by atoms with van der Waals surface area (Å²) < 4.78 is 0. The Balaban J connectivity index is 1.96. The Hall–Kier alpha value is 0.259. The zero-order chi connectivity index (χ0) is 6.97. The predicted octanol–water partition coefficient (Wildman–Crippen LogP) is 2.66. The van der Waals surface area contributed by atoms with Gasteiger partial charge in [0.1, 0.15) is 0 Å². The molecule has 0 N–H and O–H groups in total. The molecule has 1 heteroatoms. The van der Waals surface area contributed by atoms with Crippen LogP contribution in [0.4, 0.5) is 0 Å². The maximum atomic E-state index is 2.47. The van der Waals surface area contributed by atoms with E-state index in [1.807, 2.05) is 0 Å². The first-order chi connectivity index (χ1) is 4.90. The summed E-state index contributed by atoms with van der Waals surface area (Å²) in [6.45, 7) is 2.31. The molecule has 0 aromatic heterocycles. The summed E-state index contributed by atoms with van der Waals surface area (Å²) in [6, 6.07) is 0. The first-order valence-corrected chi connectivity index (χ1v) is 6.21. The van der Waals surface area contributed by atoms with Gasteiger partial charge in [0, 0.05) is 0 Å². The van der Waals surface area contributed by atoms with Gasteiger partial charge < -0.3 is 0 Å². The summed E-state index contributed by atoms with van der Waals surface area (Å²) in [7, 11) is 0. The fourth-order valence-electron chi connectivity index (χ4n) is 1.96. The molecular formula is C9H14Se. The second-order valence-corrected chi connectivity index (χ2v) is 6.40. The molecule has 0 aromatic rings. The summed E-state index contributed by atoms with van der Waals surface area (Å²) >= 11 is 0.968. The molecular weight excluding hydrogens is 187 g/mol. The normalized spacial score (nSPS) is 43.1. The van der Waals surface area contributed by atoms with E-state index >= 15 is 0 Å². The van der Waals surface area contributed by atoms with Gasteiger partial charge in [0.2, 0.25) is 0 Å². The SMILES string of the molecule is CCC[C@H]1[Se]C2C=CC1C2. The van der Waals surface area contributed by atoms with Gasteiger partial charge >= 0.3 is 68.8 Å². The average molecular weight is 201 g/mol. The first kappa shape index (κ1) is 6.94. The van der Waals surface area contributed by atoms with Crippen molar-refractivity contribution >= 4 is 15.0 Å². The molecule has 2 bridgehead atoms. The van der Waals surface area contributed by atoms with E-state index in [2.05, 4.69) is 19.1 Å². The Labute approximate surface area is 69.2 Å². The van der Waals surface area contributed by atoms with Gasteiger partial charge in [0.15, 0.2) is 0 Å². The molecule has 0 saturated carbocycles. The third-order valence-electron chi connectivity index (χ3n) is 2.48. The fraction of sp³-hybridized carbons (Fsp3) is 0.778. The van der Waals surface area contributed by atoms with Crippen molar-refractivity contribution in [3.05, 3.63) is 12.2 Å². The van der Waals surface area contributed by atoms with Crippen LogP contribution in [0.1, 0.15) is 26.2 Å². The van der Waals surface area contributed by atoms with Crippen LogP contribution in [-0.4, -0.2) is 15.0 Å². The third kappa shape index (κ3) is 1.06. The second-order valence-electron chi connectivity index (χ2n) is 3.29. The molecule has 2 rings (SSSR count). The second kappa shape index (κ2) is 2.71. The number of allylic oxidation sites excluding steroid dienone is 2. The van der Waals surface area contributed by atoms with Gasteiger partial charge in [0.25, 0.3) is 0 Å². The van der Waals surface area contributed by atoms with Crippen LogP contribution in [0.3, 0.4) is 0 Å². The number of fused-ring (bicyclic) bond motifs is 2. The van der Waals surface area contributed by atoms with Gasteiger partial charge in [-0.25, -0.2) is 0 Å². The van der Waals surface area contributed by atoms with Crippen molar-refractivity contribution in [2.75, 3.05) is 0 Å². The fourth-order valence-corrected chi connectivity index (χ4v) is 5.61. The molecule has 1 aliphatic carbocycles. The molecule has 1 aliphatic heterocycles. The van der Waals surface area contributed by atoms with Gasteiger partial charge in [-0.3, -0.25) is 0 Å². The maximum absolute atomic E-state index is 2.47. The molecule has 0 amide bonds. The quantitative estimate of drug-likeness (QED) is 0.476. The number of hydrogen-bond acceptors (Lipinski definition) is 0. The van der Waals surface area contributed by atoms with E-state index in [9.17, 15) is 0 Å². The zero-order valence-electron chi connectivity index (χ0n) is 6.42. The van der Waals surface area contributed by atoms with Crippen molar-refractivity contribution in [1.82, 2.24) is 0 Å². The summed E-state index contributed by atoms with van der Waals surface area (Å²) in [5.74, 6) is 1.00. The first-order valence-electron chi connectivity index (χ1n) is 4.24. The van der Waals surface area contributed by atoms with E-state index in [0.717, 1.165) is 30.5 Å². The molecule has 0 radical (unpaired) electrons.